The fraction of sp³-hybridized carbons (Fsp3) is 0.474. The Hall–Kier alpha value is -2.03. The summed E-state index contributed by atoms with van der Waals surface area (Å²) >= 11 is 1.29. The van der Waals surface area contributed by atoms with Crippen molar-refractivity contribution >= 4 is 17.3 Å². The normalized spacial score (nSPS) is 30.1. The number of fused-ring (bicyclic) bond motifs is 1. The number of carboxylic acids is 1. The zero-order valence-corrected chi connectivity index (χ0v) is 15.3. The van der Waals surface area contributed by atoms with Crippen molar-refractivity contribution in [3.63, 3.8) is 0 Å². The lowest BCUT2D eigenvalue weighted by molar-refractivity contribution is -0.0812. The van der Waals surface area contributed by atoms with Crippen LogP contribution in [0.25, 0.3) is 0 Å². The molecule has 2 heterocycles. The summed E-state index contributed by atoms with van der Waals surface area (Å²) in [6, 6.07) is 5.97. The molecule has 27 heavy (non-hydrogen) atoms. The third-order valence-corrected chi connectivity index (χ3v) is 6.29. The molecule has 1 aromatic carbocycles. The zero-order valence-electron chi connectivity index (χ0n) is 14.5. The Labute approximate surface area is 159 Å². The molecule has 0 bridgehead atoms. The highest BCUT2D eigenvalue weighted by Gasteiger charge is 2.47. The van der Waals surface area contributed by atoms with Crippen LogP contribution in [0, 0.1) is 17.7 Å². The van der Waals surface area contributed by atoms with Crippen LogP contribution in [0.4, 0.5) is 4.39 Å². The van der Waals surface area contributed by atoms with Crippen LogP contribution in [-0.2, 0) is 4.74 Å². The van der Waals surface area contributed by atoms with Crippen LogP contribution < -0.4 is 4.74 Å². The Balaban J connectivity index is 1.39. The van der Waals surface area contributed by atoms with Crippen LogP contribution in [0.1, 0.15) is 40.9 Å². The molecule has 6 nitrogen and oxygen atoms in total. The van der Waals surface area contributed by atoms with Crippen molar-refractivity contribution in [3.05, 3.63) is 46.2 Å². The predicted molar refractivity (Wildman–Crippen MR) is 95.4 cm³/mol. The van der Waals surface area contributed by atoms with Gasteiger partial charge in [0.25, 0.3) is 0 Å². The first-order valence-corrected chi connectivity index (χ1v) is 9.80. The Bertz CT molecular complexity index is 828. The van der Waals surface area contributed by atoms with Gasteiger partial charge >= 0.3 is 5.97 Å². The van der Waals surface area contributed by atoms with Crippen LogP contribution >= 0.6 is 11.3 Å². The summed E-state index contributed by atoms with van der Waals surface area (Å²) in [4.78, 5) is 15.1. The van der Waals surface area contributed by atoms with E-state index in [1.165, 1.54) is 28.8 Å². The number of carbonyl (C=O) groups is 1. The van der Waals surface area contributed by atoms with Gasteiger partial charge in [0, 0.05) is 23.8 Å². The van der Waals surface area contributed by atoms with E-state index >= 15 is 0 Å². The second-order valence-corrected chi connectivity index (χ2v) is 7.91. The average molecular weight is 393 g/mol. The number of aromatic nitrogens is 1. The molecule has 0 amide bonds. The molecule has 1 saturated carbocycles. The lowest BCUT2D eigenvalue weighted by Gasteiger charge is -2.33. The minimum Gasteiger partial charge on any atom is -0.493 e. The minimum absolute atomic E-state index is 0.0357. The number of benzene rings is 1. The van der Waals surface area contributed by atoms with Gasteiger partial charge in [-0.15, -0.1) is 11.3 Å². The van der Waals surface area contributed by atoms with Gasteiger partial charge in [0.1, 0.15) is 22.7 Å². The van der Waals surface area contributed by atoms with Gasteiger partial charge in [-0.2, -0.15) is 0 Å². The molecule has 1 aromatic heterocycles. The van der Waals surface area contributed by atoms with Gasteiger partial charge in [0.05, 0.1) is 18.8 Å². The summed E-state index contributed by atoms with van der Waals surface area (Å²) in [7, 11) is 0. The monoisotopic (exact) mass is 393 g/mol. The van der Waals surface area contributed by atoms with E-state index in [9.17, 15) is 14.3 Å². The number of aromatic carboxylic acids is 1. The number of thiazole rings is 1. The number of hydrogen-bond acceptors (Lipinski definition) is 6. The van der Waals surface area contributed by atoms with Crippen molar-refractivity contribution in [2.75, 3.05) is 6.61 Å². The molecule has 5 atom stereocenters. The maximum Gasteiger partial charge on any atom is 0.355 e. The molecule has 144 valence electrons. The largest absolute Gasteiger partial charge is 0.493 e. The van der Waals surface area contributed by atoms with Crippen LogP contribution in [-0.4, -0.2) is 40.0 Å². The van der Waals surface area contributed by atoms with Gasteiger partial charge in [-0.25, -0.2) is 14.2 Å². The molecular formula is C19H20FNO5S. The van der Waals surface area contributed by atoms with Crippen LogP contribution in [0.15, 0.2) is 29.6 Å². The molecule has 8 heteroatoms. The lowest BCUT2D eigenvalue weighted by Crippen LogP contribution is -2.33. The Morgan fingerprint density at radius 2 is 2.26 bits per heavy atom. The number of carboxylic acid groups (broad SMARTS) is 1. The standard InChI is InChI=1S/C19H20FNO5S/c20-10-2-1-3-11(6-10)25-8-13-12-4-5-16(26-17(12)7-15(13)22)18-21-14(9-27-18)19(23)24/h1-3,6,9,12-13,15-17,22H,4-5,7-8H2,(H,23,24)/t12-,13+,15-,16-,17+/m1/s1. The summed E-state index contributed by atoms with van der Waals surface area (Å²) in [5.41, 5.74) is 0.0357. The molecule has 0 radical (unpaired) electrons. The molecule has 2 N–H and O–H groups in total. The number of rotatable bonds is 5. The van der Waals surface area contributed by atoms with Gasteiger partial charge < -0.3 is 19.7 Å². The van der Waals surface area contributed by atoms with Crippen molar-refractivity contribution < 1.29 is 28.9 Å². The van der Waals surface area contributed by atoms with Crippen molar-refractivity contribution in [3.8, 4) is 5.75 Å². The van der Waals surface area contributed by atoms with Crippen LogP contribution in [0.3, 0.4) is 0 Å². The molecule has 2 aromatic rings. The SMILES string of the molecule is O=C(O)c1csc([C@H]2CC[C@@H]3[C@H](COc4cccc(F)c4)[C@H](O)C[C@@H]3O2)n1. The summed E-state index contributed by atoms with van der Waals surface area (Å²) in [5, 5.41) is 21.7. The van der Waals surface area contributed by atoms with Gasteiger partial charge in [0.2, 0.25) is 0 Å². The van der Waals surface area contributed by atoms with Crippen LogP contribution in [0.5, 0.6) is 5.75 Å². The van der Waals surface area contributed by atoms with E-state index in [1.807, 2.05) is 0 Å². The maximum absolute atomic E-state index is 13.3. The van der Waals surface area contributed by atoms with E-state index in [4.69, 9.17) is 14.6 Å². The molecular weight excluding hydrogens is 373 g/mol. The second kappa shape index (κ2) is 7.53. The van der Waals surface area contributed by atoms with Crippen molar-refractivity contribution in [2.45, 2.75) is 37.6 Å². The Kier molecular flexibility index (Phi) is 5.12. The van der Waals surface area contributed by atoms with Gasteiger partial charge in [-0.1, -0.05) is 6.07 Å². The highest BCUT2D eigenvalue weighted by molar-refractivity contribution is 7.09. The quantitative estimate of drug-likeness (QED) is 0.811. The fourth-order valence-corrected chi connectivity index (χ4v) is 4.89. The van der Waals surface area contributed by atoms with Gasteiger partial charge in [-0.3, -0.25) is 0 Å². The van der Waals surface area contributed by atoms with Gasteiger partial charge in [0.15, 0.2) is 5.69 Å². The third kappa shape index (κ3) is 3.83. The number of ether oxygens (including phenoxy) is 2. The van der Waals surface area contributed by atoms with E-state index in [0.717, 1.165) is 12.8 Å². The smallest absolute Gasteiger partial charge is 0.355 e. The van der Waals surface area contributed by atoms with E-state index in [2.05, 4.69) is 4.98 Å². The summed E-state index contributed by atoms with van der Waals surface area (Å²) in [5.74, 6) is -0.875. The summed E-state index contributed by atoms with van der Waals surface area (Å²) in [6.07, 6.45) is 1.17. The number of halogens is 1. The van der Waals surface area contributed by atoms with E-state index in [1.54, 1.807) is 12.1 Å². The molecule has 1 saturated heterocycles. The van der Waals surface area contributed by atoms with Crippen LogP contribution in [0.2, 0.25) is 0 Å². The third-order valence-electron chi connectivity index (χ3n) is 5.35. The van der Waals surface area contributed by atoms with E-state index in [0.29, 0.717) is 23.8 Å². The zero-order chi connectivity index (χ0) is 19.0. The average Bonchev–Trinajstić information content (AvgIpc) is 3.24. The second-order valence-electron chi connectivity index (χ2n) is 7.02. The summed E-state index contributed by atoms with van der Waals surface area (Å²) in [6.45, 7) is 0.306. The van der Waals surface area contributed by atoms with E-state index < -0.39 is 12.1 Å². The molecule has 0 spiro atoms. The number of hydrogen-bond donors (Lipinski definition) is 2. The predicted octanol–water partition coefficient (Wildman–Crippen LogP) is 3.28. The highest BCUT2D eigenvalue weighted by Crippen LogP contribution is 2.46. The highest BCUT2D eigenvalue weighted by atomic mass is 32.1. The molecule has 2 fully saturated rings. The molecule has 1 aliphatic heterocycles. The van der Waals surface area contributed by atoms with Gasteiger partial charge in [-0.05, 0) is 30.9 Å². The first-order chi connectivity index (χ1) is 13.0. The molecule has 1 aliphatic carbocycles. The molecule has 2 aliphatic rings. The number of aliphatic hydroxyl groups is 1. The van der Waals surface area contributed by atoms with Crippen molar-refractivity contribution in [1.29, 1.82) is 0 Å². The van der Waals surface area contributed by atoms with Crippen molar-refractivity contribution in [2.24, 2.45) is 11.8 Å². The Morgan fingerprint density at radius 3 is 3.00 bits per heavy atom. The minimum atomic E-state index is -1.04. The first kappa shape index (κ1) is 18.3. The lowest BCUT2D eigenvalue weighted by atomic mass is 9.87. The molecule has 4 rings (SSSR count). The topological polar surface area (TPSA) is 88.9 Å². The van der Waals surface area contributed by atoms with Crippen molar-refractivity contribution in [1.82, 2.24) is 4.98 Å². The summed E-state index contributed by atoms with van der Waals surface area (Å²) < 4.78 is 25.1. The maximum atomic E-state index is 13.3. The molecule has 0 unspecified atom stereocenters. The fourth-order valence-electron chi connectivity index (χ4n) is 4.03. The Morgan fingerprint density at radius 1 is 1.41 bits per heavy atom. The number of nitrogens with zero attached hydrogens (tertiary/aromatic N) is 1. The first-order valence-electron chi connectivity index (χ1n) is 8.92. The van der Waals surface area contributed by atoms with E-state index in [-0.39, 0.29) is 35.6 Å². The number of aliphatic hydroxyl groups excluding tert-OH is 1.